The lowest BCUT2D eigenvalue weighted by Gasteiger charge is -2.23. The van der Waals surface area contributed by atoms with Crippen LogP contribution in [0.1, 0.15) is 47.0 Å². The lowest BCUT2D eigenvalue weighted by molar-refractivity contribution is 0.0635. The summed E-state index contributed by atoms with van der Waals surface area (Å²) in [5.74, 6) is 0.311. The maximum absolute atomic E-state index is 8.70. The van der Waals surface area contributed by atoms with E-state index >= 15 is 0 Å². The van der Waals surface area contributed by atoms with Crippen molar-refractivity contribution >= 4 is 5.84 Å². The van der Waals surface area contributed by atoms with Crippen LogP contribution in [0.5, 0.6) is 0 Å². The fraction of sp³-hybridized carbons (Fsp3) is 0.929. The van der Waals surface area contributed by atoms with Crippen molar-refractivity contribution in [2.24, 2.45) is 16.3 Å². The average molecular weight is 273 g/mol. The zero-order chi connectivity index (χ0) is 14.9. The van der Waals surface area contributed by atoms with Crippen LogP contribution in [0, 0.1) is 5.41 Å². The number of nitrogens with two attached hydrogens (primary N) is 1. The highest BCUT2D eigenvalue weighted by molar-refractivity contribution is 5.85. The number of hydrogen-bond donors (Lipinski definition) is 2. The summed E-state index contributed by atoms with van der Waals surface area (Å²) in [4.78, 5) is 2.28. The Balaban J connectivity index is 3.69. The Labute approximate surface area is 117 Å². The Morgan fingerprint density at radius 2 is 1.95 bits per heavy atom. The second kappa shape index (κ2) is 9.15. The van der Waals surface area contributed by atoms with Crippen molar-refractivity contribution in [2.45, 2.75) is 53.1 Å². The van der Waals surface area contributed by atoms with E-state index in [2.05, 4.69) is 31.0 Å². The van der Waals surface area contributed by atoms with Crippen molar-refractivity contribution in [3.63, 3.8) is 0 Å². The topological polar surface area (TPSA) is 71.1 Å². The smallest absolute Gasteiger partial charge is 0.144 e. The molecule has 0 saturated heterocycles. The molecule has 0 fully saturated rings. The zero-order valence-electron chi connectivity index (χ0n) is 13.1. The molecule has 19 heavy (non-hydrogen) atoms. The molecule has 0 heterocycles. The van der Waals surface area contributed by atoms with Crippen molar-refractivity contribution in [2.75, 3.05) is 26.7 Å². The normalized spacial score (nSPS) is 13.5. The zero-order valence-corrected chi connectivity index (χ0v) is 13.1. The lowest BCUT2D eigenvalue weighted by Crippen LogP contribution is -2.32. The number of oxime groups is 1. The summed E-state index contributed by atoms with van der Waals surface area (Å²) < 4.78 is 5.52. The summed E-state index contributed by atoms with van der Waals surface area (Å²) in [5.41, 5.74) is 5.43. The van der Waals surface area contributed by atoms with E-state index in [4.69, 9.17) is 15.7 Å². The molecule has 0 spiro atoms. The van der Waals surface area contributed by atoms with Crippen LogP contribution in [0.3, 0.4) is 0 Å². The summed E-state index contributed by atoms with van der Waals surface area (Å²) in [6.45, 7) is 10.9. The first-order valence-electron chi connectivity index (χ1n) is 7.07. The molecular weight excluding hydrogens is 242 g/mol. The van der Waals surface area contributed by atoms with Crippen LogP contribution in [0.25, 0.3) is 0 Å². The standard InChI is InChI=1S/C14H31N3O2/c1-12(2)19-11-10-17(5)9-7-6-8-14(3,4)13(15)16-18/h12,18H,6-11H2,1-5H3,(H2,15,16). The minimum atomic E-state index is -0.228. The highest BCUT2D eigenvalue weighted by Crippen LogP contribution is 2.23. The van der Waals surface area contributed by atoms with E-state index in [0.717, 1.165) is 39.0 Å². The Morgan fingerprint density at radius 1 is 1.32 bits per heavy atom. The SMILES string of the molecule is CC(C)OCCN(C)CCCCC(C)(C)C(N)=NO. The van der Waals surface area contributed by atoms with E-state index < -0.39 is 0 Å². The van der Waals surface area contributed by atoms with Gasteiger partial charge in [-0.05, 0) is 40.3 Å². The second-order valence-electron chi connectivity index (χ2n) is 6.05. The monoisotopic (exact) mass is 273 g/mol. The van der Waals surface area contributed by atoms with Gasteiger partial charge < -0.3 is 20.6 Å². The average Bonchev–Trinajstić information content (AvgIpc) is 2.33. The molecule has 0 aromatic rings. The van der Waals surface area contributed by atoms with Crippen molar-refractivity contribution < 1.29 is 9.94 Å². The number of ether oxygens (including phenoxy) is 1. The number of amidine groups is 1. The molecule has 0 amide bonds. The summed E-state index contributed by atoms with van der Waals surface area (Å²) in [6, 6.07) is 0. The maximum Gasteiger partial charge on any atom is 0.144 e. The van der Waals surface area contributed by atoms with Crippen molar-refractivity contribution in [1.82, 2.24) is 4.90 Å². The predicted octanol–water partition coefficient (Wildman–Crippen LogP) is 2.29. The molecule has 0 atom stereocenters. The fourth-order valence-electron chi connectivity index (χ4n) is 1.77. The highest BCUT2D eigenvalue weighted by atomic mass is 16.5. The molecule has 114 valence electrons. The van der Waals surface area contributed by atoms with Crippen molar-refractivity contribution in [1.29, 1.82) is 0 Å². The van der Waals surface area contributed by atoms with Crippen LogP contribution in [0.4, 0.5) is 0 Å². The molecule has 0 aromatic carbocycles. The molecule has 0 unspecified atom stereocenters. The molecule has 5 nitrogen and oxygen atoms in total. The van der Waals surface area contributed by atoms with Gasteiger partial charge in [-0.15, -0.1) is 0 Å². The first kappa shape index (κ1) is 18.2. The lowest BCUT2D eigenvalue weighted by atomic mass is 9.86. The highest BCUT2D eigenvalue weighted by Gasteiger charge is 2.22. The molecule has 0 aromatic heterocycles. The van der Waals surface area contributed by atoms with Crippen LogP contribution in [0.2, 0.25) is 0 Å². The summed E-state index contributed by atoms with van der Waals surface area (Å²) in [6.07, 6.45) is 3.41. The molecule has 0 rings (SSSR count). The van der Waals surface area contributed by atoms with Gasteiger partial charge in [0.2, 0.25) is 0 Å². The van der Waals surface area contributed by atoms with Crippen molar-refractivity contribution in [3.05, 3.63) is 0 Å². The number of rotatable bonds is 10. The quantitative estimate of drug-likeness (QED) is 0.211. The van der Waals surface area contributed by atoms with Gasteiger partial charge in [0, 0.05) is 12.0 Å². The maximum atomic E-state index is 8.70. The van der Waals surface area contributed by atoms with Gasteiger partial charge in [-0.3, -0.25) is 0 Å². The number of nitrogens with zero attached hydrogens (tertiary/aromatic N) is 2. The van der Waals surface area contributed by atoms with Crippen LogP contribution in [-0.2, 0) is 4.74 Å². The van der Waals surface area contributed by atoms with E-state index in [1.165, 1.54) is 0 Å². The van der Waals surface area contributed by atoms with E-state index in [-0.39, 0.29) is 5.41 Å². The van der Waals surface area contributed by atoms with Gasteiger partial charge in [0.1, 0.15) is 5.84 Å². The van der Waals surface area contributed by atoms with E-state index in [9.17, 15) is 0 Å². The Bertz CT molecular complexity index is 265. The first-order valence-corrected chi connectivity index (χ1v) is 7.07. The van der Waals surface area contributed by atoms with E-state index in [1.54, 1.807) is 0 Å². The van der Waals surface area contributed by atoms with Crippen LogP contribution >= 0.6 is 0 Å². The predicted molar refractivity (Wildman–Crippen MR) is 79.6 cm³/mol. The Kier molecular flexibility index (Phi) is 8.76. The largest absolute Gasteiger partial charge is 0.409 e. The van der Waals surface area contributed by atoms with E-state index in [1.807, 2.05) is 13.8 Å². The molecule has 0 bridgehead atoms. The molecule has 5 heteroatoms. The van der Waals surface area contributed by atoms with Gasteiger partial charge >= 0.3 is 0 Å². The molecule has 0 aliphatic carbocycles. The minimum absolute atomic E-state index is 0.228. The third-order valence-electron chi connectivity index (χ3n) is 3.32. The fourth-order valence-corrected chi connectivity index (χ4v) is 1.77. The second-order valence-corrected chi connectivity index (χ2v) is 6.05. The number of likely N-dealkylation sites (N-methyl/N-ethyl adjacent to an activating group) is 1. The van der Waals surface area contributed by atoms with Gasteiger partial charge in [0.25, 0.3) is 0 Å². The molecule has 3 N–H and O–H groups in total. The van der Waals surface area contributed by atoms with Crippen LogP contribution < -0.4 is 5.73 Å². The molecule has 0 aliphatic rings. The molecule has 0 saturated carbocycles. The van der Waals surface area contributed by atoms with Crippen LogP contribution in [-0.4, -0.2) is 48.8 Å². The Hall–Kier alpha value is -0.810. The van der Waals surface area contributed by atoms with Gasteiger partial charge in [0.05, 0.1) is 12.7 Å². The minimum Gasteiger partial charge on any atom is -0.409 e. The molecule has 0 aliphatic heterocycles. The summed E-state index contributed by atoms with van der Waals surface area (Å²) in [5, 5.41) is 11.8. The third kappa shape index (κ3) is 8.83. The Morgan fingerprint density at radius 3 is 2.47 bits per heavy atom. The van der Waals surface area contributed by atoms with Gasteiger partial charge in [-0.1, -0.05) is 25.4 Å². The first-order chi connectivity index (χ1) is 8.79. The van der Waals surface area contributed by atoms with Gasteiger partial charge in [0.15, 0.2) is 0 Å². The van der Waals surface area contributed by atoms with Gasteiger partial charge in [-0.2, -0.15) is 0 Å². The summed E-state index contributed by atoms with van der Waals surface area (Å²) in [7, 11) is 2.11. The third-order valence-corrected chi connectivity index (χ3v) is 3.32. The van der Waals surface area contributed by atoms with Crippen molar-refractivity contribution in [3.8, 4) is 0 Å². The number of unbranched alkanes of at least 4 members (excludes halogenated alkanes) is 1. The van der Waals surface area contributed by atoms with Gasteiger partial charge in [-0.25, -0.2) is 0 Å². The summed E-state index contributed by atoms with van der Waals surface area (Å²) >= 11 is 0. The molecule has 0 radical (unpaired) electrons. The van der Waals surface area contributed by atoms with Crippen LogP contribution in [0.15, 0.2) is 5.16 Å². The van der Waals surface area contributed by atoms with E-state index in [0.29, 0.717) is 11.9 Å². The number of hydrogen-bond acceptors (Lipinski definition) is 4. The molecular formula is C14H31N3O2.